The molecule has 0 aromatic carbocycles. The average molecular weight is 326 g/mol. The van der Waals surface area contributed by atoms with E-state index in [1.165, 1.54) is 6.42 Å². The molecular weight excluding hydrogens is 291 g/mol. The second kappa shape index (κ2) is 6.32. The summed E-state index contributed by atoms with van der Waals surface area (Å²) in [4.78, 5) is 0. The van der Waals surface area contributed by atoms with Crippen LogP contribution in [0.15, 0.2) is 0 Å². The van der Waals surface area contributed by atoms with Crippen LogP contribution in [-0.4, -0.2) is 36.8 Å². The van der Waals surface area contributed by atoms with Gasteiger partial charge in [0.05, 0.1) is 16.8 Å². The minimum Gasteiger partial charge on any atom is -0.403 e. The van der Waals surface area contributed by atoms with E-state index in [1.54, 1.807) is 0 Å². The van der Waals surface area contributed by atoms with E-state index in [4.69, 9.17) is 18.8 Å². The molecular formula is C18H35BO4. The Bertz CT molecular complexity index is 395. The molecule has 0 amide bonds. The molecule has 0 aromatic heterocycles. The average Bonchev–Trinajstić information content (AvgIpc) is 2.58. The second-order valence-corrected chi connectivity index (χ2v) is 9.43. The molecule has 2 rings (SSSR count). The van der Waals surface area contributed by atoms with E-state index in [-0.39, 0.29) is 35.5 Å². The first-order chi connectivity index (χ1) is 10.3. The first-order valence-corrected chi connectivity index (χ1v) is 9.00. The van der Waals surface area contributed by atoms with Gasteiger partial charge in [0, 0.05) is 11.9 Å². The van der Waals surface area contributed by atoms with Gasteiger partial charge in [-0.05, 0) is 67.2 Å². The van der Waals surface area contributed by atoms with E-state index >= 15 is 0 Å². The topological polar surface area (TPSA) is 36.9 Å². The van der Waals surface area contributed by atoms with Crippen LogP contribution < -0.4 is 0 Å². The van der Waals surface area contributed by atoms with Crippen LogP contribution in [0.3, 0.4) is 0 Å². The smallest absolute Gasteiger partial charge is 0.403 e. The van der Waals surface area contributed by atoms with E-state index in [9.17, 15) is 0 Å². The lowest BCUT2D eigenvalue weighted by molar-refractivity contribution is -0.218. The summed E-state index contributed by atoms with van der Waals surface area (Å²) in [6, 6.07) is 0. The lowest BCUT2D eigenvalue weighted by atomic mass is 9.56. The highest BCUT2D eigenvalue weighted by Crippen LogP contribution is 2.48. The van der Waals surface area contributed by atoms with Gasteiger partial charge in [0.1, 0.15) is 0 Å². The molecule has 2 heterocycles. The third-order valence-electron chi connectivity index (χ3n) is 5.36. The molecule has 0 aliphatic carbocycles. The van der Waals surface area contributed by atoms with Crippen LogP contribution in [0.2, 0.25) is 5.31 Å². The molecule has 1 atom stereocenters. The number of rotatable bonds is 5. The second-order valence-electron chi connectivity index (χ2n) is 9.43. The van der Waals surface area contributed by atoms with Gasteiger partial charge in [-0.25, -0.2) is 0 Å². The fourth-order valence-corrected chi connectivity index (χ4v) is 3.54. The Balaban J connectivity index is 1.99. The molecule has 4 nitrogen and oxygen atoms in total. The quantitative estimate of drug-likeness (QED) is 0.694. The van der Waals surface area contributed by atoms with Gasteiger partial charge in [-0.15, -0.1) is 0 Å². The van der Waals surface area contributed by atoms with Crippen LogP contribution in [0.5, 0.6) is 0 Å². The summed E-state index contributed by atoms with van der Waals surface area (Å²) >= 11 is 0. The Morgan fingerprint density at radius 2 is 1.57 bits per heavy atom. The lowest BCUT2D eigenvalue weighted by Crippen LogP contribution is -2.41. The van der Waals surface area contributed by atoms with Gasteiger partial charge in [0.15, 0.2) is 6.29 Å². The minimum atomic E-state index is -0.299. The summed E-state index contributed by atoms with van der Waals surface area (Å²) in [6.45, 7) is 17.9. The molecule has 0 radical (unpaired) electrons. The predicted molar refractivity (Wildman–Crippen MR) is 93.5 cm³/mol. The Kier molecular flexibility index (Phi) is 5.29. The molecule has 0 N–H and O–H groups in total. The molecule has 2 fully saturated rings. The van der Waals surface area contributed by atoms with Gasteiger partial charge in [0.25, 0.3) is 0 Å². The highest BCUT2D eigenvalue weighted by atomic mass is 16.7. The van der Waals surface area contributed by atoms with Gasteiger partial charge in [0.2, 0.25) is 0 Å². The first-order valence-electron chi connectivity index (χ1n) is 9.00. The Hall–Kier alpha value is -0.0951. The molecule has 134 valence electrons. The Labute approximate surface area is 142 Å². The van der Waals surface area contributed by atoms with Crippen LogP contribution in [0.25, 0.3) is 0 Å². The molecule has 2 aliphatic heterocycles. The molecule has 23 heavy (non-hydrogen) atoms. The minimum absolute atomic E-state index is 0.0761. The zero-order chi connectivity index (χ0) is 17.5. The third kappa shape index (κ3) is 4.50. The normalized spacial score (nSPS) is 28.2. The molecule has 0 aromatic rings. The fraction of sp³-hybridized carbons (Fsp3) is 1.00. The van der Waals surface area contributed by atoms with Crippen molar-refractivity contribution in [3.05, 3.63) is 0 Å². The van der Waals surface area contributed by atoms with Crippen LogP contribution in [0.1, 0.15) is 81.1 Å². The van der Waals surface area contributed by atoms with Crippen molar-refractivity contribution in [2.75, 3.05) is 6.61 Å². The van der Waals surface area contributed by atoms with Crippen molar-refractivity contribution in [3.8, 4) is 0 Å². The summed E-state index contributed by atoms with van der Waals surface area (Å²) in [5.41, 5.74) is -0.881. The van der Waals surface area contributed by atoms with Crippen LogP contribution in [0, 0.1) is 0 Å². The summed E-state index contributed by atoms with van der Waals surface area (Å²) in [5, 5.41) is -0.150. The van der Waals surface area contributed by atoms with E-state index in [0.717, 1.165) is 25.9 Å². The van der Waals surface area contributed by atoms with Crippen LogP contribution in [0.4, 0.5) is 0 Å². The van der Waals surface area contributed by atoms with Crippen molar-refractivity contribution in [2.24, 2.45) is 0 Å². The lowest BCUT2D eigenvalue weighted by Gasteiger charge is -2.38. The molecule has 0 spiro atoms. The van der Waals surface area contributed by atoms with E-state index in [2.05, 4.69) is 55.4 Å². The predicted octanol–water partition coefficient (Wildman–Crippen LogP) is 4.57. The fourth-order valence-electron chi connectivity index (χ4n) is 3.54. The molecule has 0 saturated carbocycles. The monoisotopic (exact) mass is 326 g/mol. The molecule has 2 saturated heterocycles. The summed E-state index contributed by atoms with van der Waals surface area (Å²) in [5.74, 6) is 0. The van der Waals surface area contributed by atoms with Crippen molar-refractivity contribution >= 4 is 7.12 Å². The molecule has 5 heteroatoms. The standard InChI is InChI=1S/C18H35BO4/c1-15(2,19-22-17(5,6)18(7,8)23-19)13-16(3,4)21-14-11-9-10-12-20-14/h14H,9-13H2,1-8H3. The Morgan fingerprint density at radius 3 is 2.04 bits per heavy atom. The SMILES string of the molecule is CC(C)(CC(C)(C)B1OC(C)(C)C(C)(C)O1)OC1CCCCO1. The number of hydrogen-bond acceptors (Lipinski definition) is 4. The van der Waals surface area contributed by atoms with Crippen LogP contribution in [-0.2, 0) is 18.8 Å². The van der Waals surface area contributed by atoms with Crippen molar-refractivity contribution in [3.63, 3.8) is 0 Å². The maximum atomic E-state index is 6.26. The van der Waals surface area contributed by atoms with Crippen molar-refractivity contribution < 1.29 is 18.8 Å². The third-order valence-corrected chi connectivity index (χ3v) is 5.36. The maximum Gasteiger partial charge on any atom is 0.464 e. The van der Waals surface area contributed by atoms with Crippen molar-refractivity contribution in [1.82, 2.24) is 0 Å². The van der Waals surface area contributed by atoms with E-state index in [1.807, 2.05) is 0 Å². The van der Waals surface area contributed by atoms with Crippen molar-refractivity contribution in [1.29, 1.82) is 0 Å². The summed E-state index contributed by atoms with van der Waals surface area (Å²) < 4.78 is 24.5. The van der Waals surface area contributed by atoms with Crippen LogP contribution >= 0.6 is 0 Å². The van der Waals surface area contributed by atoms with E-state index < -0.39 is 0 Å². The van der Waals surface area contributed by atoms with Gasteiger partial charge in [-0.3, -0.25) is 0 Å². The highest BCUT2D eigenvalue weighted by Gasteiger charge is 2.57. The van der Waals surface area contributed by atoms with E-state index in [0.29, 0.717) is 0 Å². The highest BCUT2D eigenvalue weighted by molar-refractivity contribution is 6.49. The number of hydrogen-bond donors (Lipinski definition) is 0. The van der Waals surface area contributed by atoms with Crippen molar-refractivity contribution in [2.45, 2.75) is 109 Å². The number of ether oxygens (including phenoxy) is 2. The first kappa shape index (κ1) is 19.2. The Morgan fingerprint density at radius 1 is 1.00 bits per heavy atom. The molecule has 2 aliphatic rings. The molecule has 0 bridgehead atoms. The largest absolute Gasteiger partial charge is 0.464 e. The van der Waals surface area contributed by atoms with Gasteiger partial charge in [-0.1, -0.05) is 13.8 Å². The summed E-state index contributed by atoms with van der Waals surface area (Å²) in [6.07, 6.45) is 4.07. The van der Waals surface area contributed by atoms with Gasteiger partial charge in [-0.2, -0.15) is 0 Å². The zero-order valence-electron chi connectivity index (χ0n) is 16.3. The summed E-state index contributed by atoms with van der Waals surface area (Å²) in [7, 11) is -0.234. The molecule has 1 unspecified atom stereocenters. The maximum absolute atomic E-state index is 6.26. The van der Waals surface area contributed by atoms with Gasteiger partial charge < -0.3 is 18.8 Å². The zero-order valence-corrected chi connectivity index (χ0v) is 16.3. The van der Waals surface area contributed by atoms with Gasteiger partial charge >= 0.3 is 7.12 Å².